The SMILES string of the molecule is CCOC(=O)C(=O)c1ccccc1OC1CS(=O)(=O)C1. The third-order valence-corrected chi connectivity index (χ3v) is 4.53. The van der Waals surface area contributed by atoms with Gasteiger partial charge in [-0.2, -0.15) is 0 Å². The molecule has 0 spiro atoms. The van der Waals surface area contributed by atoms with Crippen molar-refractivity contribution in [1.29, 1.82) is 0 Å². The maximum atomic E-state index is 11.9. The van der Waals surface area contributed by atoms with Gasteiger partial charge in [-0.1, -0.05) is 12.1 Å². The molecule has 1 fully saturated rings. The topological polar surface area (TPSA) is 86.7 Å². The Morgan fingerprint density at radius 1 is 1.25 bits per heavy atom. The molecule has 20 heavy (non-hydrogen) atoms. The van der Waals surface area contributed by atoms with Crippen LogP contribution in [0.2, 0.25) is 0 Å². The van der Waals surface area contributed by atoms with Crippen molar-refractivity contribution in [3.63, 3.8) is 0 Å². The first-order chi connectivity index (χ1) is 9.43. The largest absolute Gasteiger partial charge is 0.488 e. The van der Waals surface area contributed by atoms with E-state index >= 15 is 0 Å². The number of ether oxygens (including phenoxy) is 2. The lowest BCUT2D eigenvalue weighted by molar-refractivity contribution is -0.137. The van der Waals surface area contributed by atoms with Crippen molar-refractivity contribution in [2.75, 3.05) is 18.1 Å². The molecule has 0 radical (unpaired) electrons. The minimum absolute atomic E-state index is 0.0745. The molecule has 1 aromatic carbocycles. The molecule has 1 aliphatic rings. The molecule has 1 heterocycles. The summed E-state index contributed by atoms with van der Waals surface area (Å²) in [7, 11) is -3.01. The lowest BCUT2D eigenvalue weighted by Gasteiger charge is -2.27. The second-order valence-corrected chi connectivity index (χ2v) is 6.52. The van der Waals surface area contributed by atoms with Crippen LogP contribution in [0.3, 0.4) is 0 Å². The van der Waals surface area contributed by atoms with Gasteiger partial charge < -0.3 is 9.47 Å². The molecular weight excluding hydrogens is 284 g/mol. The Hall–Kier alpha value is -1.89. The van der Waals surface area contributed by atoms with Crippen molar-refractivity contribution in [2.24, 2.45) is 0 Å². The highest BCUT2D eigenvalue weighted by molar-refractivity contribution is 7.92. The van der Waals surface area contributed by atoms with Crippen LogP contribution in [0.1, 0.15) is 17.3 Å². The van der Waals surface area contributed by atoms with E-state index in [-0.39, 0.29) is 29.4 Å². The van der Waals surface area contributed by atoms with Crippen molar-refractivity contribution >= 4 is 21.6 Å². The van der Waals surface area contributed by atoms with Gasteiger partial charge in [0.25, 0.3) is 5.78 Å². The van der Waals surface area contributed by atoms with E-state index < -0.39 is 27.7 Å². The van der Waals surface area contributed by atoms with Crippen LogP contribution in [0.4, 0.5) is 0 Å². The fraction of sp³-hybridized carbons (Fsp3) is 0.385. The number of rotatable bonds is 5. The number of carbonyl (C=O) groups is 2. The molecule has 6 nitrogen and oxygen atoms in total. The molecule has 0 N–H and O–H groups in total. The molecule has 2 rings (SSSR count). The molecule has 0 bridgehead atoms. The quantitative estimate of drug-likeness (QED) is 0.449. The highest BCUT2D eigenvalue weighted by atomic mass is 32.2. The van der Waals surface area contributed by atoms with Crippen molar-refractivity contribution in [1.82, 2.24) is 0 Å². The number of carbonyl (C=O) groups excluding carboxylic acids is 2. The maximum absolute atomic E-state index is 11.9. The molecule has 108 valence electrons. The van der Waals surface area contributed by atoms with Crippen molar-refractivity contribution in [3.05, 3.63) is 29.8 Å². The first-order valence-corrected chi connectivity index (χ1v) is 7.92. The van der Waals surface area contributed by atoms with E-state index in [1.807, 2.05) is 0 Å². The lowest BCUT2D eigenvalue weighted by atomic mass is 10.1. The summed E-state index contributed by atoms with van der Waals surface area (Å²) in [6.07, 6.45) is -0.476. The van der Waals surface area contributed by atoms with Crippen LogP contribution >= 0.6 is 0 Å². The van der Waals surface area contributed by atoms with Crippen molar-refractivity contribution < 1.29 is 27.5 Å². The Kier molecular flexibility index (Phi) is 4.08. The van der Waals surface area contributed by atoms with Gasteiger partial charge in [-0.3, -0.25) is 4.79 Å². The van der Waals surface area contributed by atoms with Gasteiger partial charge in [0.1, 0.15) is 11.9 Å². The summed E-state index contributed by atoms with van der Waals surface area (Å²) in [6.45, 7) is 1.71. The first kappa shape index (κ1) is 14.5. The highest BCUT2D eigenvalue weighted by Crippen LogP contribution is 2.24. The second-order valence-electron chi connectivity index (χ2n) is 4.36. The Morgan fingerprint density at radius 2 is 1.90 bits per heavy atom. The number of hydrogen-bond donors (Lipinski definition) is 0. The predicted octanol–water partition coefficient (Wildman–Crippen LogP) is 0.608. The third-order valence-electron chi connectivity index (χ3n) is 2.77. The molecule has 7 heteroatoms. The van der Waals surface area contributed by atoms with Gasteiger partial charge in [0.05, 0.1) is 23.7 Å². The number of Topliss-reactive ketones (excluding diaryl/α,β-unsaturated/α-hetero) is 1. The van der Waals surface area contributed by atoms with Gasteiger partial charge in [-0.15, -0.1) is 0 Å². The van der Waals surface area contributed by atoms with Crippen LogP contribution in [0.15, 0.2) is 24.3 Å². The summed E-state index contributed by atoms with van der Waals surface area (Å²) >= 11 is 0. The molecule has 0 atom stereocenters. The number of para-hydroxylation sites is 1. The van der Waals surface area contributed by atoms with Crippen LogP contribution in [0.5, 0.6) is 5.75 Å². The molecule has 0 aromatic heterocycles. The zero-order valence-corrected chi connectivity index (χ0v) is 11.7. The number of ketones is 1. The van der Waals surface area contributed by atoms with E-state index in [0.717, 1.165) is 0 Å². The van der Waals surface area contributed by atoms with Gasteiger partial charge in [0.2, 0.25) is 0 Å². The van der Waals surface area contributed by atoms with Gasteiger partial charge in [0, 0.05) is 0 Å². The smallest absolute Gasteiger partial charge is 0.379 e. The van der Waals surface area contributed by atoms with Gasteiger partial charge in [-0.05, 0) is 19.1 Å². The predicted molar refractivity (Wildman–Crippen MR) is 70.5 cm³/mol. The molecule has 0 saturated carbocycles. The number of sulfone groups is 1. The number of hydrogen-bond acceptors (Lipinski definition) is 6. The number of benzene rings is 1. The Balaban J connectivity index is 2.14. The van der Waals surface area contributed by atoms with E-state index in [1.54, 1.807) is 19.1 Å². The highest BCUT2D eigenvalue weighted by Gasteiger charge is 2.36. The molecule has 0 amide bonds. The van der Waals surface area contributed by atoms with Crippen LogP contribution in [-0.4, -0.2) is 44.4 Å². The molecular formula is C13H14O6S. The van der Waals surface area contributed by atoms with Crippen LogP contribution < -0.4 is 4.74 Å². The molecule has 0 aliphatic carbocycles. The molecule has 1 aliphatic heterocycles. The van der Waals surface area contributed by atoms with E-state index in [2.05, 4.69) is 4.74 Å². The Morgan fingerprint density at radius 3 is 2.50 bits per heavy atom. The van der Waals surface area contributed by atoms with E-state index in [1.165, 1.54) is 12.1 Å². The van der Waals surface area contributed by atoms with Crippen LogP contribution in [0, 0.1) is 0 Å². The Bertz CT molecular complexity index is 622. The van der Waals surface area contributed by atoms with Gasteiger partial charge >= 0.3 is 5.97 Å². The fourth-order valence-electron chi connectivity index (χ4n) is 1.83. The van der Waals surface area contributed by atoms with Crippen molar-refractivity contribution in [2.45, 2.75) is 13.0 Å². The lowest BCUT2D eigenvalue weighted by Crippen LogP contribution is -2.45. The summed E-state index contributed by atoms with van der Waals surface area (Å²) in [4.78, 5) is 23.3. The fourth-order valence-corrected chi connectivity index (χ4v) is 3.00. The van der Waals surface area contributed by atoms with Gasteiger partial charge in [0.15, 0.2) is 9.84 Å². The maximum Gasteiger partial charge on any atom is 0.379 e. The average Bonchev–Trinajstić information content (AvgIpc) is 2.36. The standard InChI is InChI=1S/C13H14O6S/c1-2-18-13(15)12(14)10-5-3-4-6-11(10)19-9-7-20(16,17)8-9/h3-6,9H,2,7-8H2,1H3. The molecule has 1 aromatic rings. The molecule has 1 saturated heterocycles. The summed E-state index contributed by atoms with van der Waals surface area (Å²) < 4.78 is 32.3. The third kappa shape index (κ3) is 3.16. The molecule has 0 unspecified atom stereocenters. The van der Waals surface area contributed by atoms with Crippen LogP contribution in [-0.2, 0) is 19.4 Å². The van der Waals surface area contributed by atoms with E-state index in [0.29, 0.717) is 0 Å². The summed E-state index contributed by atoms with van der Waals surface area (Å²) in [6, 6.07) is 6.21. The first-order valence-electron chi connectivity index (χ1n) is 6.10. The normalized spacial score (nSPS) is 17.1. The Labute approximate surface area is 116 Å². The minimum atomic E-state index is -3.01. The van der Waals surface area contributed by atoms with E-state index in [9.17, 15) is 18.0 Å². The van der Waals surface area contributed by atoms with E-state index in [4.69, 9.17) is 4.74 Å². The monoisotopic (exact) mass is 298 g/mol. The van der Waals surface area contributed by atoms with Gasteiger partial charge in [-0.25, -0.2) is 13.2 Å². The minimum Gasteiger partial charge on any atom is -0.488 e. The van der Waals surface area contributed by atoms with Crippen LogP contribution in [0.25, 0.3) is 0 Å². The zero-order chi connectivity index (χ0) is 14.8. The average molecular weight is 298 g/mol. The summed E-state index contributed by atoms with van der Waals surface area (Å²) in [5.41, 5.74) is 0.0789. The summed E-state index contributed by atoms with van der Waals surface area (Å²) in [5, 5.41) is 0. The van der Waals surface area contributed by atoms with Crippen molar-refractivity contribution in [3.8, 4) is 5.75 Å². The number of esters is 1. The second kappa shape index (κ2) is 5.62. The zero-order valence-electron chi connectivity index (χ0n) is 10.9. The summed E-state index contributed by atoms with van der Waals surface area (Å²) in [5.74, 6) is -1.70.